The summed E-state index contributed by atoms with van der Waals surface area (Å²) in [7, 11) is 6.69. The minimum atomic E-state index is -0.382. The maximum Gasteiger partial charge on any atom is 0.193 e. The Hall–Kier alpha value is -2.23. The lowest BCUT2D eigenvalue weighted by molar-refractivity contribution is 0.354. The zero-order valence-electron chi connectivity index (χ0n) is 18.2. The van der Waals surface area contributed by atoms with Crippen molar-refractivity contribution in [2.45, 2.75) is 19.9 Å². The van der Waals surface area contributed by atoms with Crippen molar-refractivity contribution in [1.29, 1.82) is 0 Å². The van der Waals surface area contributed by atoms with Crippen LogP contribution in [-0.2, 0) is 13.0 Å². The number of nitrogens with zero attached hydrogens (tertiary/aromatic N) is 2. The second-order valence-electron chi connectivity index (χ2n) is 6.50. The number of aliphatic imine (C=N–C) groups is 1. The number of hydrogen-bond acceptors (Lipinski definition) is 4. The Bertz CT molecular complexity index is 833. The molecule has 6 nitrogen and oxygen atoms in total. The fourth-order valence-corrected chi connectivity index (χ4v) is 2.88. The van der Waals surface area contributed by atoms with Gasteiger partial charge in [0.1, 0.15) is 0 Å². The van der Waals surface area contributed by atoms with Gasteiger partial charge in [0.15, 0.2) is 29.0 Å². The lowest BCUT2D eigenvalue weighted by atomic mass is 10.1. The topological polar surface area (TPSA) is 55.3 Å². The minimum absolute atomic E-state index is 0. The zero-order valence-corrected chi connectivity index (χ0v) is 20.5. The van der Waals surface area contributed by atoms with Crippen molar-refractivity contribution in [3.05, 3.63) is 53.3 Å². The molecular formula is C22H31FIN3O3. The van der Waals surface area contributed by atoms with E-state index in [9.17, 15) is 4.39 Å². The fraction of sp³-hybridized carbons (Fsp3) is 0.409. The summed E-state index contributed by atoms with van der Waals surface area (Å²) in [6, 6.07) is 10.8. The predicted molar refractivity (Wildman–Crippen MR) is 129 cm³/mol. The van der Waals surface area contributed by atoms with Crippen LogP contribution in [0.5, 0.6) is 17.2 Å². The van der Waals surface area contributed by atoms with Gasteiger partial charge in [0.2, 0.25) is 0 Å². The van der Waals surface area contributed by atoms with Crippen molar-refractivity contribution in [1.82, 2.24) is 10.2 Å². The molecule has 0 aromatic heterocycles. The molecule has 0 unspecified atom stereocenters. The molecule has 0 bridgehead atoms. The summed E-state index contributed by atoms with van der Waals surface area (Å²) in [5.41, 5.74) is 1.93. The molecule has 2 aromatic rings. The second-order valence-corrected chi connectivity index (χ2v) is 6.50. The molecule has 0 radical (unpaired) electrons. The van der Waals surface area contributed by atoms with Crippen molar-refractivity contribution < 1.29 is 18.6 Å². The van der Waals surface area contributed by atoms with Gasteiger partial charge in [-0.05, 0) is 48.7 Å². The van der Waals surface area contributed by atoms with E-state index >= 15 is 0 Å². The number of ether oxygens (including phenoxy) is 3. The van der Waals surface area contributed by atoms with Crippen molar-refractivity contribution in [2.75, 3.05) is 41.5 Å². The molecule has 0 atom stereocenters. The summed E-state index contributed by atoms with van der Waals surface area (Å²) >= 11 is 0. The number of methoxy groups -OCH3 is 3. The lowest BCUT2D eigenvalue weighted by Gasteiger charge is -2.22. The van der Waals surface area contributed by atoms with Crippen LogP contribution in [0.2, 0.25) is 0 Å². The van der Waals surface area contributed by atoms with Crippen molar-refractivity contribution >= 4 is 29.9 Å². The number of nitrogens with one attached hydrogen (secondary N) is 1. The molecule has 30 heavy (non-hydrogen) atoms. The summed E-state index contributed by atoms with van der Waals surface area (Å²) in [5.74, 6) is 2.05. The molecule has 0 aliphatic carbocycles. The van der Waals surface area contributed by atoms with Gasteiger partial charge in [-0.2, -0.15) is 0 Å². The van der Waals surface area contributed by atoms with E-state index in [1.54, 1.807) is 20.3 Å². The van der Waals surface area contributed by atoms with E-state index in [1.165, 1.54) is 13.2 Å². The number of hydrogen-bond donors (Lipinski definition) is 1. The lowest BCUT2D eigenvalue weighted by Crippen LogP contribution is -2.39. The van der Waals surface area contributed by atoms with E-state index in [2.05, 4.69) is 15.2 Å². The standard InChI is InChI=1S/C22H30FN3O3.HI/c1-6-24-22(25-15-17-8-9-19(27-3)18(23)13-17)26(2)12-11-16-7-10-20(28-4)21(14-16)29-5;/h7-10,13-14H,6,11-12,15H2,1-5H3,(H,24,25);1H. The van der Waals surface area contributed by atoms with Gasteiger partial charge in [0.25, 0.3) is 0 Å². The van der Waals surface area contributed by atoms with Gasteiger partial charge < -0.3 is 24.4 Å². The number of halogens is 2. The highest BCUT2D eigenvalue weighted by Gasteiger charge is 2.09. The first-order valence-electron chi connectivity index (χ1n) is 9.55. The SMILES string of the molecule is CCNC(=NCc1ccc(OC)c(F)c1)N(C)CCc1ccc(OC)c(OC)c1.I. The van der Waals surface area contributed by atoms with Crippen LogP contribution in [0, 0.1) is 5.82 Å². The van der Waals surface area contributed by atoms with E-state index in [0.29, 0.717) is 12.3 Å². The Labute approximate surface area is 195 Å². The Morgan fingerprint density at radius 2 is 1.60 bits per heavy atom. The first-order valence-corrected chi connectivity index (χ1v) is 9.55. The third-order valence-corrected chi connectivity index (χ3v) is 4.51. The number of rotatable bonds is 9. The van der Waals surface area contributed by atoms with Crippen LogP contribution >= 0.6 is 24.0 Å². The van der Waals surface area contributed by atoms with Gasteiger partial charge in [-0.25, -0.2) is 9.38 Å². The normalized spacial score (nSPS) is 10.8. The quantitative estimate of drug-likeness (QED) is 0.300. The first kappa shape index (κ1) is 25.8. The number of benzene rings is 2. The molecule has 0 heterocycles. The molecule has 8 heteroatoms. The molecule has 166 valence electrons. The van der Waals surface area contributed by atoms with Crippen molar-refractivity contribution in [3.8, 4) is 17.2 Å². The van der Waals surface area contributed by atoms with Crippen LogP contribution in [0.15, 0.2) is 41.4 Å². The summed E-state index contributed by atoms with van der Waals surface area (Å²) < 4.78 is 29.5. The third-order valence-electron chi connectivity index (χ3n) is 4.51. The van der Waals surface area contributed by atoms with Crippen LogP contribution in [0.1, 0.15) is 18.1 Å². The highest BCUT2D eigenvalue weighted by molar-refractivity contribution is 14.0. The molecule has 0 aliphatic rings. The Morgan fingerprint density at radius 1 is 0.967 bits per heavy atom. The first-order chi connectivity index (χ1) is 14.0. The van der Waals surface area contributed by atoms with Crippen LogP contribution in [0.25, 0.3) is 0 Å². The average Bonchev–Trinajstić information content (AvgIpc) is 2.74. The molecular weight excluding hydrogens is 500 g/mol. The van der Waals surface area contributed by atoms with E-state index < -0.39 is 0 Å². The fourth-order valence-electron chi connectivity index (χ4n) is 2.88. The summed E-state index contributed by atoms with van der Waals surface area (Å²) in [5, 5.41) is 3.28. The molecule has 2 aromatic carbocycles. The van der Waals surface area contributed by atoms with E-state index in [1.807, 2.05) is 38.2 Å². The summed E-state index contributed by atoms with van der Waals surface area (Å²) in [6.45, 7) is 3.91. The van der Waals surface area contributed by atoms with E-state index in [-0.39, 0.29) is 35.5 Å². The molecule has 0 spiro atoms. The minimum Gasteiger partial charge on any atom is -0.494 e. The van der Waals surface area contributed by atoms with Crippen LogP contribution in [-0.4, -0.2) is 52.3 Å². The number of guanidine groups is 1. The molecule has 1 N–H and O–H groups in total. The second kappa shape index (κ2) is 13.1. The predicted octanol–water partition coefficient (Wildman–Crippen LogP) is 4.11. The molecule has 0 saturated heterocycles. The van der Waals surface area contributed by atoms with Gasteiger partial charge in [-0.1, -0.05) is 12.1 Å². The summed E-state index contributed by atoms with van der Waals surface area (Å²) in [4.78, 5) is 6.69. The van der Waals surface area contributed by atoms with Crippen molar-refractivity contribution in [3.63, 3.8) is 0 Å². The molecule has 0 amide bonds. The zero-order chi connectivity index (χ0) is 21.2. The molecule has 0 fully saturated rings. The monoisotopic (exact) mass is 531 g/mol. The van der Waals surface area contributed by atoms with Crippen LogP contribution in [0.4, 0.5) is 4.39 Å². The third kappa shape index (κ3) is 7.23. The molecule has 0 aliphatic heterocycles. The Balaban J connectivity index is 0.00000450. The van der Waals surface area contributed by atoms with E-state index in [4.69, 9.17) is 14.2 Å². The molecule has 2 rings (SSSR count). The highest BCUT2D eigenvalue weighted by atomic mass is 127. The van der Waals surface area contributed by atoms with Gasteiger partial charge in [-0.15, -0.1) is 24.0 Å². The maximum absolute atomic E-state index is 13.9. The van der Waals surface area contributed by atoms with Gasteiger partial charge in [0, 0.05) is 20.1 Å². The largest absolute Gasteiger partial charge is 0.494 e. The van der Waals surface area contributed by atoms with Crippen LogP contribution in [0.3, 0.4) is 0 Å². The molecule has 0 saturated carbocycles. The number of likely N-dealkylation sites (N-methyl/N-ethyl adjacent to an activating group) is 1. The Kier molecular flexibility index (Phi) is 11.3. The van der Waals surface area contributed by atoms with Crippen LogP contribution < -0.4 is 19.5 Å². The van der Waals surface area contributed by atoms with E-state index in [0.717, 1.165) is 42.3 Å². The van der Waals surface area contributed by atoms with Gasteiger partial charge in [0.05, 0.1) is 27.9 Å². The maximum atomic E-state index is 13.9. The van der Waals surface area contributed by atoms with Crippen molar-refractivity contribution in [2.24, 2.45) is 4.99 Å². The smallest absolute Gasteiger partial charge is 0.193 e. The van der Waals surface area contributed by atoms with Gasteiger partial charge >= 0.3 is 0 Å². The summed E-state index contributed by atoms with van der Waals surface area (Å²) in [6.07, 6.45) is 0.818. The highest BCUT2D eigenvalue weighted by Crippen LogP contribution is 2.27. The average molecular weight is 531 g/mol. The van der Waals surface area contributed by atoms with Gasteiger partial charge in [-0.3, -0.25) is 0 Å². The Morgan fingerprint density at radius 3 is 2.20 bits per heavy atom.